The third-order valence-electron chi connectivity index (χ3n) is 3.35. The molecule has 24 heavy (non-hydrogen) atoms. The van der Waals surface area contributed by atoms with Crippen molar-refractivity contribution in [3.05, 3.63) is 83.7 Å². The second-order valence-electron chi connectivity index (χ2n) is 4.89. The Morgan fingerprint density at radius 3 is 1.50 bits per heavy atom. The van der Waals surface area contributed by atoms with Gasteiger partial charge in [-0.3, -0.25) is 0 Å². The molecule has 6 heteroatoms. The molecule has 3 rings (SSSR count). The quantitative estimate of drug-likeness (QED) is 0.273. The number of hydrogen-bond acceptors (Lipinski definition) is 0. The molecule has 0 heterocycles. The van der Waals surface area contributed by atoms with Crippen molar-refractivity contribution in [1.29, 1.82) is 0 Å². The Bertz CT molecular complexity index is 847. The molecule has 0 spiro atoms. The van der Waals surface area contributed by atoms with Crippen LogP contribution in [0.4, 0.5) is 22.0 Å². The molecule has 0 saturated heterocycles. The Labute approximate surface area is 141 Å². The van der Waals surface area contributed by atoms with Crippen LogP contribution in [0.2, 0.25) is 0 Å². The van der Waals surface area contributed by atoms with Gasteiger partial charge in [-0.2, -0.15) is 0 Å². The van der Waals surface area contributed by atoms with Crippen molar-refractivity contribution in [2.75, 3.05) is 0 Å². The molecule has 3 aromatic rings. The Kier molecular flexibility index (Phi) is 4.69. The molecule has 0 aliphatic rings. The molecule has 0 N–H and O–H groups in total. The first-order chi connectivity index (χ1) is 11.5. The fourth-order valence-corrected chi connectivity index (χ4v) is 3.96. The Morgan fingerprint density at radius 1 is 0.500 bits per heavy atom. The van der Waals surface area contributed by atoms with Gasteiger partial charge in [0.15, 0.2) is 0 Å². The van der Waals surface area contributed by atoms with Crippen molar-refractivity contribution >= 4 is 23.9 Å². The summed E-state index contributed by atoms with van der Waals surface area (Å²) in [6.07, 6.45) is 0. The van der Waals surface area contributed by atoms with Gasteiger partial charge >= 0.3 is 141 Å². The van der Waals surface area contributed by atoms with Crippen molar-refractivity contribution in [3.63, 3.8) is 0 Å². The SMILES string of the molecule is Fc1c(F)c(F)c([Se]c2ccc(-c3ccccc3)cc2)c(F)c1F. The van der Waals surface area contributed by atoms with E-state index in [1.165, 1.54) is 0 Å². The second-order valence-corrected chi connectivity index (χ2v) is 7.17. The molecule has 0 aliphatic heterocycles. The van der Waals surface area contributed by atoms with E-state index in [2.05, 4.69) is 0 Å². The van der Waals surface area contributed by atoms with E-state index in [4.69, 9.17) is 0 Å². The first-order valence-corrected chi connectivity index (χ1v) is 8.55. The zero-order chi connectivity index (χ0) is 17.3. The molecule has 0 unspecified atom stereocenters. The van der Waals surface area contributed by atoms with Crippen molar-refractivity contribution < 1.29 is 22.0 Å². The van der Waals surface area contributed by atoms with Crippen LogP contribution in [-0.4, -0.2) is 15.0 Å². The van der Waals surface area contributed by atoms with Crippen LogP contribution in [0.15, 0.2) is 54.6 Å². The van der Waals surface area contributed by atoms with E-state index in [9.17, 15) is 22.0 Å². The van der Waals surface area contributed by atoms with Gasteiger partial charge in [0.1, 0.15) is 0 Å². The van der Waals surface area contributed by atoms with Gasteiger partial charge in [0.25, 0.3) is 0 Å². The normalized spacial score (nSPS) is 10.9. The van der Waals surface area contributed by atoms with Crippen molar-refractivity contribution in [1.82, 2.24) is 0 Å². The van der Waals surface area contributed by atoms with Crippen LogP contribution in [0.3, 0.4) is 0 Å². The average molecular weight is 399 g/mol. The third-order valence-corrected chi connectivity index (χ3v) is 5.60. The zero-order valence-electron chi connectivity index (χ0n) is 12.0. The Balaban J connectivity index is 1.93. The predicted molar refractivity (Wildman–Crippen MR) is 83.1 cm³/mol. The molecule has 0 fully saturated rings. The van der Waals surface area contributed by atoms with Crippen LogP contribution in [0.25, 0.3) is 11.1 Å². The summed E-state index contributed by atoms with van der Waals surface area (Å²) in [5, 5.41) is 0. The fraction of sp³-hybridized carbons (Fsp3) is 0. The summed E-state index contributed by atoms with van der Waals surface area (Å²) >= 11 is -1.04. The minimum atomic E-state index is -2.14. The summed E-state index contributed by atoms with van der Waals surface area (Å²) in [5.41, 5.74) is 1.86. The van der Waals surface area contributed by atoms with E-state index >= 15 is 0 Å². The molecular formula is C18H9F5Se. The van der Waals surface area contributed by atoms with E-state index < -0.39 is 48.5 Å². The fourth-order valence-electron chi connectivity index (χ4n) is 2.14. The number of halogens is 5. The standard InChI is InChI=1S/C18H9F5Se/c19-13-14(20)16(22)18(17(23)15(13)21)24-12-8-6-11(7-9-12)10-4-2-1-3-5-10/h1-9H. The van der Waals surface area contributed by atoms with Crippen molar-refractivity contribution in [3.8, 4) is 11.1 Å². The van der Waals surface area contributed by atoms with E-state index in [-0.39, 0.29) is 0 Å². The molecule has 0 amide bonds. The van der Waals surface area contributed by atoms with Gasteiger partial charge < -0.3 is 0 Å². The summed E-state index contributed by atoms with van der Waals surface area (Å²) in [6, 6.07) is 16.2. The molecular weight excluding hydrogens is 390 g/mol. The summed E-state index contributed by atoms with van der Waals surface area (Å²) in [6.45, 7) is 0. The minimum absolute atomic E-state index is 0.505. The van der Waals surface area contributed by atoms with Gasteiger partial charge in [0, 0.05) is 0 Å². The van der Waals surface area contributed by atoms with Gasteiger partial charge in [-0.1, -0.05) is 0 Å². The van der Waals surface area contributed by atoms with E-state index in [1.807, 2.05) is 30.3 Å². The topological polar surface area (TPSA) is 0 Å². The van der Waals surface area contributed by atoms with E-state index in [0.717, 1.165) is 11.1 Å². The average Bonchev–Trinajstić information content (AvgIpc) is 2.63. The maximum absolute atomic E-state index is 13.7. The Hall–Kier alpha value is -2.17. The number of rotatable bonds is 3. The number of hydrogen-bond donors (Lipinski definition) is 0. The van der Waals surface area contributed by atoms with Crippen LogP contribution in [0, 0.1) is 29.1 Å². The van der Waals surface area contributed by atoms with E-state index in [1.54, 1.807) is 24.3 Å². The first kappa shape index (κ1) is 16.7. The molecule has 0 atom stereocenters. The molecule has 0 nitrogen and oxygen atoms in total. The van der Waals surface area contributed by atoms with Crippen LogP contribution in [0.1, 0.15) is 0 Å². The molecule has 0 aromatic heterocycles. The van der Waals surface area contributed by atoms with Crippen LogP contribution in [-0.2, 0) is 0 Å². The molecule has 122 valence electrons. The number of benzene rings is 3. The summed E-state index contributed by atoms with van der Waals surface area (Å²) in [4.78, 5) is 0. The first-order valence-electron chi connectivity index (χ1n) is 6.84. The van der Waals surface area contributed by atoms with Crippen molar-refractivity contribution in [2.45, 2.75) is 0 Å². The van der Waals surface area contributed by atoms with Crippen LogP contribution >= 0.6 is 0 Å². The Morgan fingerprint density at radius 2 is 0.958 bits per heavy atom. The molecule has 0 bridgehead atoms. The molecule has 0 aliphatic carbocycles. The van der Waals surface area contributed by atoms with Crippen LogP contribution in [0.5, 0.6) is 0 Å². The maximum atomic E-state index is 13.7. The molecule has 0 saturated carbocycles. The summed E-state index contributed by atoms with van der Waals surface area (Å²) < 4.78 is 66.7. The third kappa shape index (κ3) is 3.07. The van der Waals surface area contributed by atoms with Gasteiger partial charge in [-0.05, 0) is 0 Å². The second kappa shape index (κ2) is 6.75. The van der Waals surface area contributed by atoms with Gasteiger partial charge in [-0.25, -0.2) is 0 Å². The molecule has 0 radical (unpaired) electrons. The predicted octanol–water partition coefficient (Wildman–Crippen LogP) is 3.70. The summed E-state index contributed by atoms with van der Waals surface area (Å²) in [7, 11) is 0. The van der Waals surface area contributed by atoms with Gasteiger partial charge in [0.05, 0.1) is 0 Å². The van der Waals surface area contributed by atoms with Gasteiger partial charge in [0.2, 0.25) is 0 Å². The zero-order valence-corrected chi connectivity index (χ0v) is 13.7. The van der Waals surface area contributed by atoms with Crippen LogP contribution < -0.4 is 8.92 Å². The van der Waals surface area contributed by atoms with Crippen molar-refractivity contribution in [2.24, 2.45) is 0 Å². The van der Waals surface area contributed by atoms with E-state index in [0.29, 0.717) is 4.46 Å². The summed E-state index contributed by atoms with van der Waals surface area (Å²) in [5.74, 6) is -9.49. The van der Waals surface area contributed by atoms with Gasteiger partial charge in [-0.15, -0.1) is 0 Å². The molecule has 3 aromatic carbocycles. The monoisotopic (exact) mass is 400 g/mol.